The van der Waals surface area contributed by atoms with Crippen molar-refractivity contribution in [2.24, 2.45) is 10.9 Å². The van der Waals surface area contributed by atoms with Gasteiger partial charge in [-0.25, -0.2) is 4.98 Å². The van der Waals surface area contributed by atoms with Gasteiger partial charge in [0.25, 0.3) is 0 Å². The third-order valence-corrected chi connectivity index (χ3v) is 6.06. The van der Waals surface area contributed by atoms with E-state index in [9.17, 15) is 0 Å². The summed E-state index contributed by atoms with van der Waals surface area (Å²) in [5.74, 6) is 2.63. The Morgan fingerprint density at radius 3 is 2.96 bits per heavy atom. The van der Waals surface area contributed by atoms with Gasteiger partial charge in [0, 0.05) is 63.4 Å². The third kappa shape index (κ3) is 12.1. The Hall–Kier alpha value is -0.100. The van der Waals surface area contributed by atoms with Crippen molar-refractivity contribution >= 4 is 53.0 Å². The van der Waals surface area contributed by atoms with Crippen LogP contribution in [0, 0.1) is 5.92 Å². The number of aromatic nitrogens is 1. The van der Waals surface area contributed by atoms with Crippen LogP contribution in [0.15, 0.2) is 20.9 Å². The summed E-state index contributed by atoms with van der Waals surface area (Å²) >= 11 is 3.50. The molecule has 156 valence electrons. The monoisotopic (exact) mass is 528 g/mol. The first-order valence-corrected chi connectivity index (χ1v) is 11.4. The minimum Gasteiger partial charge on any atom is -0.381 e. The van der Waals surface area contributed by atoms with Crippen LogP contribution in [0.1, 0.15) is 32.6 Å². The molecule has 0 saturated carbocycles. The Morgan fingerprint density at radius 2 is 2.22 bits per heavy atom. The first-order valence-electron chi connectivity index (χ1n) is 9.58. The van der Waals surface area contributed by atoms with Gasteiger partial charge >= 0.3 is 0 Å². The van der Waals surface area contributed by atoms with Crippen molar-refractivity contribution < 1.29 is 9.47 Å². The van der Waals surface area contributed by atoms with E-state index >= 15 is 0 Å². The van der Waals surface area contributed by atoms with Crippen molar-refractivity contribution in [3.8, 4) is 0 Å². The average Bonchev–Trinajstić information content (AvgIpc) is 3.18. The number of hydrogen-bond acceptors (Lipinski definition) is 6. The summed E-state index contributed by atoms with van der Waals surface area (Å²) in [5, 5.41) is 8.70. The van der Waals surface area contributed by atoms with Crippen molar-refractivity contribution in [1.29, 1.82) is 0 Å². The zero-order valence-corrected chi connectivity index (χ0v) is 20.1. The molecule has 6 nitrogen and oxygen atoms in total. The highest BCUT2D eigenvalue weighted by atomic mass is 127. The van der Waals surface area contributed by atoms with Crippen LogP contribution in [-0.4, -0.2) is 62.8 Å². The number of thiazole rings is 1. The van der Waals surface area contributed by atoms with Crippen molar-refractivity contribution in [3.05, 3.63) is 11.6 Å². The van der Waals surface area contributed by atoms with E-state index < -0.39 is 0 Å². The molecule has 1 aromatic heterocycles. The molecular formula is C18H33IN4O2S2. The molecular weight excluding hydrogens is 495 g/mol. The molecule has 0 atom stereocenters. The maximum absolute atomic E-state index is 5.80. The summed E-state index contributed by atoms with van der Waals surface area (Å²) in [7, 11) is 0. The van der Waals surface area contributed by atoms with Crippen LogP contribution >= 0.6 is 47.1 Å². The molecule has 0 unspecified atom stereocenters. The van der Waals surface area contributed by atoms with Crippen molar-refractivity contribution in [2.45, 2.75) is 36.9 Å². The molecule has 2 heterocycles. The van der Waals surface area contributed by atoms with Gasteiger partial charge in [-0.2, -0.15) is 0 Å². The van der Waals surface area contributed by atoms with Crippen LogP contribution in [-0.2, 0) is 9.47 Å². The molecule has 1 aliphatic heterocycles. The van der Waals surface area contributed by atoms with Crippen LogP contribution < -0.4 is 10.6 Å². The highest BCUT2D eigenvalue weighted by molar-refractivity contribution is 14.0. The van der Waals surface area contributed by atoms with E-state index in [4.69, 9.17) is 9.47 Å². The van der Waals surface area contributed by atoms with Crippen LogP contribution in [0.25, 0.3) is 0 Å². The van der Waals surface area contributed by atoms with Gasteiger partial charge in [0.1, 0.15) is 4.34 Å². The SMILES string of the molecule is CCNC(=NCCCSc1nccs1)NCCCOCC1CCOCC1.I. The number of ether oxygens (including phenoxy) is 2. The number of aliphatic imine (C=N–C) groups is 1. The van der Waals surface area contributed by atoms with Crippen molar-refractivity contribution in [3.63, 3.8) is 0 Å². The molecule has 0 bridgehead atoms. The van der Waals surface area contributed by atoms with E-state index in [2.05, 4.69) is 27.5 Å². The minimum absolute atomic E-state index is 0. The quantitative estimate of drug-likeness (QED) is 0.142. The maximum atomic E-state index is 5.80. The molecule has 2 rings (SSSR count). The average molecular weight is 529 g/mol. The second kappa shape index (κ2) is 16.8. The Morgan fingerprint density at radius 1 is 1.37 bits per heavy atom. The number of guanidine groups is 1. The third-order valence-electron chi connectivity index (χ3n) is 4.00. The van der Waals surface area contributed by atoms with Crippen LogP contribution in [0.4, 0.5) is 0 Å². The van der Waals surface area contributed by atoms with Gasteiger partial charge in [0.2, 0.25) is 0 Å². The molecule has 0 spiro atoms. The van der Waals surface area contributed by atoms with Gasteiger partial charge in [-0.1, -0.05) is 11.8 Å². The van der Waals surface area contributed by atoms with E-state index in [1.165, 1.54) is 0 Å². The van der Waals surface area contributed by atoms with Gasteiger partial charge in [0.05, 0.1) is 0 Å². The zero-order chi connectivity index (χ0) is 18.3. The molecule has 1 saturated heterocycles. The lowest BCUT2D eigenvalue weighted by Crippen LogP contribution is -2.38. The number of nitrogens with zero attached hydrogens (tertiary/aromatic N) is 2. The lowest BCUT2D eigenvalue weighted by atomic mass is 10.0. The Balaban J connectivity index is 0.00000364. The standard InChI is InChI=1S/C18H32N4O2S2.HI/c1-2-19-17(21-8-4-13-25-18-22-9-14-26-18)20-7-3-10-24-15-16-5-11-23-12-6-16;/h9,14,16H,2-8,10-13,15H2,1H3,(H2,19,20,21);1H. The first kappa shape index (κ1) is 24.9. The summed E-state index contributed by atoms with van der Waals surface area (Å²) in [5.41, 5.74) is 0. The smallest absolute Gasteiger partial charge is 0.191 e. The fourth-order valence-electron chi connectivity index (χ4n) is 2.58. The van der Waals surface area contributed by atoms with Crippen molar-refractivity contribution in [2.75, 3.05) is 51.8 Å². The summed E-state index contributed by atoms with van der Waals surface area (Å²) in [6.07, 6.45) is 6.17. The molecule has 9 heteroatoms. The molecule has 0 amide bonds. The first-order chi connectivity index (χ1) is 12.9. The number of nitrogens with one attached hydrogen (secondary N) is 2. The van der Waals surface area contributed by atoms with Gasteiger partial charge in [-0.15, -0.1) is 35.3 Å². The van der Waals surface area contributed by atoms with E-state index in [-0.39, 0.29) is 24.0 Å². The molecule has 1 aromatic rings. The fraction of sp³-hybridized carbons (Fsp3) is 0.778. The van der Waals surface area contributed by atoms with E-state index in [0.29, 0.717) is 5.92 Å². The molecule has 0 radical (unpaired) electrons. The zero-order valence-electron chi connectivity index (χ0n) is 16.2. The van der Waals surface area contributed by atoms with Crippen molar-refractivity contribution in [1.82, 2.24) is 15.6 Å². The normalized spacial score (nSPS) is 15.4. The number of hydrogen-bond donors (Lipinski definition) is 2. The highest BCUT2D eigenvalue weighted by Crippen LogP contribution is 2.20. The second-order valence-corrected chi connectivity index (χ2v) is 8.41. The van der Waals surface area contributed by atoms with Crippen LogP contribution in [0.5, 0.6) is 0 Å². The van der Waals surface area contributed by atoms with E-state index in [1.807, 2.05) is 11.6 Å². The molecule has 2 N–H and O–H groups in total. The second-order valence-electron chi connectivity index (χ2n) is 6.17. The highest BCUT2D eigenvalue weighted by Gasteiger charge is 2.13. The summed E-state index contributed by atoms with van der Waals surface area (Å²) in [6, 6.07) is 0. The Bertz CT molecular complexity index is 486. The fourth-order valence-corrected chi connectivity index (χ4v) is 4.21. The van der Waals surface area contributed by atoms with Gasteiger partial charge in [0.15, 0.2) is 5.96 Å². The number of thioether (sulfide) groups is 1. The van der Waals surface area contributed by atoms with E-state index in [1.54, 1.807) is 23.1 Å². The molecule has 0 aliphatic carbocycles. The van der Waals surface area contributed by atoms with Gasteiger partial charge in [-0.3, -0.25) is 4.99 Å². The number of halogens is 1. The number of rotatable bonds is 12. The Labute approximate surface area is 188 Å². The van der Waals surface area contributed by atoms with Gasteiger partial charge < -0.3 is 20.1 Å². The molecule has 1 fully saturated rings. The predicted octanol–water partition coefficient (Wildman–Crippen LogP) is 3.63. The largest absolute Gasteiger partial charge is 0.381 e. The van der Waals surface area contributed by atoms with Gasteiger partial charge in [-0.05, 0) is 38.5 Å². The lowest BCUT2D eigenvalue weighted by molar-refractivity contribution is 0.0203. The Kier molecular flexibility index (Phi) is 15.5. The molecule has 0 aromatic carbocycles. The summed E-state index contributed by atoms with van der Waals surface area (Å²) < 4.78 is 12.3. The predicted molar refractivity (Wildman–Crippen MR) is 126 cm³/mol. The maximum Gasteiger partial charge on any atom is 0.191 e. The topological polar surface area (TPSA) is 67.8 Å². The lowest BCUT2D eigenvalue weighted by Gasteiger charge is -2.21. The summed E-state index contributed by atoms with van der Waals surface area (Å²) in [6.45, 7) is 8.12. The summed E-state index contributed by atoms with van der Waals surface area (Å²) in [4.78, 5) is 8.91. The van der Waals surface area contributed by atoms with E-state index in [0.717, 1.165) is 87.8 Å². The van der Waals surface area contributed by atoms with Crippen LogP contribution in [0.2, 0.25) is 0 Å². The minimum atomic E-state index is 0. The molecule has 27 heavy (non-hydrogen) atoms. The molecule has 1 aliphatic rings. The van der Waals surface area contributed by atoms with Crippen LogP contribution in [0.3, 0.4) is 0 Å².